The predicted molar refractivity (Wildman–Crippen MR) is 128 cm³/mol. The molecule has 1 unspecified atom stereocenters. The lowest BCUT2D eigenvalue weighted by Gasteiger charge is -2.16. The summed E-state index contributed by atoms with van der Waals surface area (Å²) in [6, 6.07) is 24.3. The first-order chi connectivity index (χ1) is 16.2. The molecule has 0 radical (unpaired) electrons. The van der Waals surface area contributed by atoms with E-state index in [1.165, 1.54) is 0 Å². The number of carbonyl (C=O) groups is 2. The average molecular weight is 441 g/mol. The Balaban J connectivity index is 1.42. The van der Waals surface area contributed by atoms with E-state index in [1.807, 2.05) is 71.3 Å². The highest BCUT2D eigenvalue weighted by atomic mass is 16.5. The fourth-order valence-electron chi connectivity index (χ4n) is 4.32. The number of rotatable bonds is 7. The highest BCUT2D eigenvalue weighted by Gasteiger charge is 2.40. The van der Waals surface area contributed by atoms with Crippen LogP contribution in [0.1, 0.15) is 18.0 Å². The van der Waals surface area contributed by atoms with Gasteiger partial charge in [-0.3, -0.25) is 19.1 Å². The zero-order chi connectivity index (χ0) is 22.8. The van der Waals surface area contributed by atoms with Gasteiger partial charge in [0.05, 0.1) is 30.3 Å². The molecule has 0 saturated heterocycles. The molecular weight excluding hydrogens is 416 g/mol. The van der Waals surface area contributed by atoms with E-state index in [4.69, 9.17) is 9.72 Å². The summed E-state index contributed by atoms with van der Waals surface area (Å²) in [6.07, 6.45) is 0.710. The highest BCUT2D eigenvalue weighted by molar-refractivity contribution is 6.05. The van der Waals surface area contributed by atoms with Crippen molar-refractivity contribution in [2.75, 3.05) is 23.9 Å². The molecule has 2 amide bonds. The molecular formula is C26H24N4O3. The molecule has 1 aromatic heterocycles. The normalized spacial score (nSPS) is 15.0. The Morgan fingerprint density at radius 1 is 1.00 bits per heavy atom. The van der Waals surface area contributed by atoms with Crippen LogP contribution >= 0.6 is 0 Å². The predicted octanol–water partition coefficient (Wildman–Crippen LogP) is 4.20. The Kier molecular flexibility index (Phi) is 5.52. The maximum Gasteiger partial charge on any atom is 0.253 e. The summed E-state index contributed by atoms with van der Waals surface area (Å²) in [4.78, 5) is 32.8. The van der Waals surface area contributed by atoms with Crippen LogP contribution in [0.2, 0.25) is 0 Å². The van der Waals surface area contributed by atoms with Gasteiger partial charge >= 0.3 is 0 Å². The monoisotopic (exact) mass is 440 g/mol. The molecule has 1 aliphatic heterocycles. The molecule has 0 fully saturated rings. The number of aromatic nitrogens is 2. The fraction of sp³-hybridized carbons (Fsp3) is 0.192. The van der Waals surface area contributed by atoms with Crippen LogP contribution in [0.25, 0.3) is 11.0 Å². The molecule has 2 heterocycles. The van der Waals surface area contributed by atoms with Crippen LogP contribution in [0.3, 0.4) is 0 Å². The third-order valence-electron chi connectivity index (χ3n) is 5.91. The maximum absolute atomic E-state index is 13.5. The lowest BCUT2D eigenvalue weighted by molar-refractivity contribution is -0.124. The minimum absolute atomic E-state index is 0.00602. The van der Waals surface area contributed by atoms with E-state index in [0.717, 1.165) is 16.6 Å². The number of para-hydroxylation sites is 4. The smallest absolute Gasteiger partial charge is 0.253 e. The second-order valence-electron chi connectivity index (χ2n) is 7.96. The molecule has 0 aliphatic carbocycles. The van der Waals surface area contributed by atoms with Crippen molar-refractivity contribution in [2.45, 2.75) is 18.9 Å². The number of benzene rings is 3. The van der Waals surface area contributed by atoms with E-state index >= 15 is 0 Å². The van der Waals surface area contributed by atoms with Crippen LogP contribution in [0.4, 0.5) is 11.6 Å². The van der Waals surface area contributed by atoms with Gasteiger partial charge < -0.3 is 10.1 Å². The van der Waals surface area contributed by atoms with E-state index in [0.29, 0.717) is 30.4 Å². The van der Waals surface area contributed by atoms with Gasteiger partial charge in [-0.15, -0.1) is 0 Å². The first-order valence-electron chi connectivity index (χ1n) is 10.9. The summed E-state index contributed by atoms with van der Waals surface area (Å²) in [5.41, 5.74) is 3.37. The van der Waals surface area contributed by atoms with Crippen molar-refractivity contribution in [1.82, 2.24) is 9.55 Å². The molecule has 7 heteroatoms. The van der Waals surface area contributed by atoms with Crippen molar-refractivity contribution in [3.63, 3.8) is 0 Å². The van der Waals surface area contributed by atoms with Gasteiger partial charge in [-0.2, -0.15) is 0 Å². The Hall–Kier alpha value is -4.13. The van der Waals surface area contributed by atoms with Crippen molar-refractivity contribution in [3.05, 3.63) is 84.4 Å². The number of nitrogens with zero attached hydrogens (tertiary/aromatic N) is 3. The summed E-state index contributed by atoms with van der Waals surface area (Å²) < 4.78 is 7.22. The van der Waals surface area contributed by atoms with Crippen molar-refractivity contribution < 1.29 is 14.3 Å². The highest BCUT2D eigenvalue weighted by Crippen LogP contribution is 2.37. The Bertz CT molecular complexity index is 1320. The van der Waals surface area contributed by atoms with Gasteiger partial charge in [0.2, 0.25) is 11.9 Å². The van der Waals surface area contributed by atoms with Crippen molar-refractivity contribution >= 4 is 34.5 Å². The first-order valence-corrected chi connectivity index (χ1v) is 10.9. The minimum atomic E-state index is -0.655. The Morgan fingerprint density at radius 3 is 2.55 bits per heavy atom. The first kappa shape index (κ1) is 20.8. The standard InChI is InChI=1S/C26H24N4O3/c1-33-23-14-8-6-12-20(23)27-24(31)17-22-25(32)29(16-15-18-9-3-2-4-10-18)26-28-19-11-5-7-13-21(19)30(22)26/h2-14,22H,15-17H2,1H3,(H,27,31). The van der Waals surface area contributed by atoms with Gasteiger partial charge in [0.15, 0.2) is 0 Å². The van der Waals surface area contributed by atoms with E-state index < -0.39 is 6.04 Å². The largest absolute Gasteiger partial charge is 0.495 e. The molecule has 1 atom stereocenters. The maximum atomic E-state index is 13.5. The van der Waals surface area contributed by atoms with Crippen molar-refractivity contribution in [2.24, 2.45) is 0 Å². The average Bonchev–Trinajstić information content (AvgIpc) is 3.33. The van der Waals surface area contributed by atoms with E-state index in [9.17, 15) is 9.59 Å². The number of hydrogen-bond acceptors (Lipinski definition) is 4. The molecule has 0 spiro atoms. The van der Waals surface area contributed by atoms with Gasteiger partial charge in [0.25, 0.3) is 5.91 Å². The van der Waals surface area contributed by atoms with Gasteiger partial charge in [-0.25, -0.2) is 4.98 Å². The molecule has 1 N–H and O–H groups in total. The van der Waals surface area contributed by atoms with Crippen LogP contribution < -0.4 is 15.0 Å². The molecule has 5 rings (SSSR count). The molecule has 0 bridgehead atoms. The van der Waals surface area contributed by atoms with Gasteiger partial charge in [0.1, 0.15) is 11.8 Å². The quantitative estimate of drug-likeness (QED) is 0.467. The topological polar surface area (TPSA) is 76.5 Å². The van der Waals surface area contributed by atoms with E-state index in [-0.39, 0.29) is 18.2 Å². The number of nitrogens with one attached hydrogen (secondary N) is 1. The number of carbonyl (C=O) groups excluding carboxylic acids is 2. The Morgan fingerprint density at radius 2 is 1.73 bits per heavy atom. The van der Waals surface area contributed by atoms with Crippen LogP contribution in [-0.2, 0) is 16.0 Å². The molecule has 1 aliphatic rings. The summed E-state index contributed by atoms with van der Waals surface area (Å²) in [5.74, 6) is 0.787. The summed E-state index contributed by atoms with van der Waals surface area (Å²) >= 11 is 0. The van der Waals surface area contributed by atoms with E-state index in [1.54, 1.807) is 24.1 Å². The van der Waals surface area contributed by atoms with Crippen molar-refractivity contribution in [3.8, 4) is 5.75 Å². The number of fused-ring (bicyclic) bond motifs is 3. The van der Waals surface area contributed by atoms with Crippen molar-refractivity contribution in [1.29, 1.82) is 0 Å². The number of amides is 2. The fourth-order valence-corrected chi connectivity index (χ4v) is 4.32. The van der Waals surface area contributed by atoms with Crippen LogP contribution in [0.15, 0.2) is 78.9 Å². The van der Waals surface area contributed by atoms with Gasteiger partial charge in [-0.05, 0) is 36.2 Å². The molecule has 3 aromatic carbocycles. The van der Waals surface area contributed by atoms with Crippen LogP contribution in [0.5, 0.6) is 5.75 Å². The van der Waals surface area contributed by atoms with Gasteiger partial charge in [0, 0.05) is 6.54 Å². The lowest BCUT2D eigenvalue weighted by atomic mass is 10.1. The molecule has 7 nitrogen and oxygen atoms in total. The third-order valence-corrected chi connectivity index (χ3v) is 5.91. The van der Waals surface area contributed by atoms with Crippen LogP contribution in [0, 0.1) is 0 Å². The number of anilines is 2. The Labute approximate surface area is 191 Å². The zero-order valence-electron chi connectivity index (χ0n) is 18.3. The third kappa shape index (κ3) is 3.93. The zero-order valence-corrected chi connectivity index (χ0v) is 18.3. The van der Waals surface area contributed by atoms with Gasteiger partial charge in [-0.1, -0.05) is 54.6 Å². The molecule has 33 heavy (non-hydrogen) atoms. The van der Waals surface area contributed by atoms with E-state index in [2.05, 4.69) is 5.32 Å². The summed E-state index contributed by atoms with van der Waals surface area (Å²) in [6.45, 7) is 0.497. The number of methoxy groups -OCH3 is 1. The number of ether oxygens (including phenoxy) is 1. The molecule has 4 aromatic rings. The second-order valence-corrected chi connectivity index (χ2v) is 7.96. The SMILES string of the molecule is COc1ccccc1NC(=O)CC1C(=O)N(CCc2ccccc2)c2nc3ccccc3n21. The van der Waals surface area contributed by atoms with Crippen LogP contribution in [-0.4, -0.2) is 35.0 Å². The summed E-state index contributed by atoms with van der Waals surface area (Å²) in [5, 5.41) is 2.88. The summed E-state index contributed by atoms with van der Waals surface area (Å²) in [7, 11) is 1.56. The number of hydrogen-bond donors (Lipinski definition) is 1. The lowest BCUT2D eigenvalue weighted by Crippen LogP contribution is -2.33. The molecule has 166 valence electrons. The second kappa shape index (κ2) is 8.78. The molecule has 0 saturated carbocycles. The number of imidazole rings is 1. The minimum Gasteiger partial charge on any atom is -0.495 e.